The van der Waals surface area contributed by atoms with E-state index in [1.54, 1.807) is 7.11 Å². The monoisotopic (exact) mass is 696 g/mol. The number of rotatable bonds is 17. The lowest BCUT2D eigenvalue weighted by Crippen LogP contribution is -2.51. The van der Waals surface area contributed by atoms with Crippen molar-refractivity contribution in [2.45, 2.75) is 38.1 Å². The van der Waals surface area contributed by atoms with E-state index in [1.165, 1.54) is 19.3 Å². The molecule has 0 spiro atoms. The molecule has 3 aromatic rings. The number of guanidine groups is 1. The molecular weight excluding hydrogens is 637 g/mol. The van der Waals surface area contributed by atoms with Crippen molar-refractivity contribution < 1.29 is 9.53 Å². The number of hydrogen-bond donors (Lipinski definition) is 1. The molecule has 2 aliphatic rings. The predicted molar refractivity (Wildman–Crippen MR) is 211 cm³/mol. The van der Waals surface area contributed by atoms with Gasteiger partial charge in [0.1, 0.15) is 5.75 Å². The summed E-state index contributed by atoms with van der Waals surface area (Å²) in [6.45, 7) is 8.72. The second kappa shape index (κ2) is 19.0. The Morgan fingerprint density at radius 2 is 1.37 bits per heavy atom. The van der Waals surface area contributed by atoms with Crippen LogP contribution in [0.25, 0.3) is 11.1 Å². The van der Waals surface area contributed by atoms with Crippen LogP contribution >= 0.6 is 0 Å². The zero-order chi connectivity index (χ0) is 36.2. The van der Waals surface area contributed by atoms with E-state index in [4.69, 9.17) is 9.73 Å². The number of anilines is 1. The summed E-state index contributed by atoms with van der Waals surface area (Å²) in [5, 5.41) is 3.28. The second-order valence-electron chi connectivity index (χ2n) is 14.5. The van der Waals surface area contributed by atoms with Gasteiger partial charge in [-0.2, -0.15) is 0 Å². The quantitative estimate of drug-likeness (QED) is 0.183. The summed E-state index contributed by atoms with van der Waals surface area (Å²) >= 11 is 0. The number of piperazine rings is 1. The van der Waals surface area contributed by atoms with Crippen molar-refractivity contribution in [3.05, 3.63) is 78.4 Å². The van der Waals surface area contributed by atoms with Gasteiger partial charge in [-0.3, -0.25) is 14.6 Å². The topological polar surface area (TPSA) is 70.1 Å². The number of amides is 1. The highest BCUT2D eigenvalue weighted by molar-refractivity contribution is 6.01. The van der Waals surface area contributed by atoms with Crippen LogP contribution in [-0.4, -0.2) is 138 Å². The first-order valence-electron chi connectivity index (χ1n) is 18.6. The fourth-order valence-electron chi connectivity index (χ4n) is 6.87. The van der Waals surface area contributed by atoms with E-state index in [1.807, 2.05) is 18.2 Å². The summed E-state index contributed by atoms with van der Waals surface area (Å²) in [4.78, 5) is 33.0. The first-order chi connectivity index (χ1) is 24.7. The third-order valence-electron chi connectivity index (χ3n) is 10.0. The number of carbonyl (C=O) groups is 1. The standard InChI is InChI=1S/C41H60N8O2/c1-44(2)23-11-7-8-12-24-46(5)41-43-38-14-10-9-13-37(38)39(31-40(50)42-32-48-29-27-47(28-30-48)26-25-45(3)4)49(41)35-19-15-33(16-20-35)34-17-21-36(51-6)22-18-34/h9-10,13-22,39H,7-8,11-12,23-32H2,1-6H3,(H,42,50). The number of carbonyl (C=O) groups excluding carboxylic acids is 1. The van der Waals surface area contributed by atoms with Crippen LogP contribution in [0.3, 0.4) is 0 Å². The SMILES string of the molecule is COc1ccc(-c2ccc(N3C(N(C)CCCCCCN(C)C)=Nc4ccccc4C3CC(=O)NCN3CCN(CCN(C)C)CC3)cc2)cc1. The Kier molecular flexibility index (Phi) is 14.3. The molecule has 0 aliphatic carbocycles. The number of aliphatic imine (C=N–C) groups is 1. The Morgan fingerprint density at radius 1 is 0.765 bits per heavy atom. The molecule has 0 saturated carbocycles. The lowest BCUT2D eigenvalue weighted by Gasteiger charge is -2.41. The highest BCUT2D eigenvalue weighted by Gasteiger charge is 2.34. The largest absolute Gasteiger partial charge is 0.497 e. The van der Waals surface area contributed by atoms with Crippen LogP contribution in [0.15, 0.2) is 77.8 Å². The second-order valence-corrected chi connectivity index (χ2v) is 14.5. The smallest absolute Gasteiger partial charge is 0.223 e. The molecular formula is C41H60N8O2. The van der Waals surface area contributed by atoms with Crippen molar-refractivity contribution in [1.29, 1.82) is 0 Å². The van der Waals surface area contributed by atoms with Crippen molar-refractivity contribution in [2.75, 3.05) is 106 Å². The molecule has 10 nitrogen and oxygen atoms in total. The van der Waals surface area contributed by atoms with Crippen molar-refractivity contribution in [1.82, 2.24) is 29.8 Å². The minimum absolute atomic E-state index is 0.0505. The summed E-state index contributed by atoms with van der Waals surface area (Å²) < 4.78 is 5.37. The van der Waals surface area contributed by atoms with Gasteiger partial charge in [-0.15, -0.1) is 0 Å². The molecule has 51 heavy (non-hydrogen) atoms. The van der Waals surface area contributed by atoms with Gasteiger partial charge in [0.2, 0.25) is 11.9 Å². The van der Waals surface area contributed by atoms with Crippen molar-refractivity contribution >= 4 is 23.2 Å². The molecule has 0 radical (unpaired) electrons. The maximum atomic E-state index is 13.8. The number of methoxy groups -OCH3 is 1. The molecule has 1 N–H and O–H groups in total. The van der Waals surface area contributed by atoms with Crippen LogP contribution in [0.2, 0.25) is 0 Å². The van der Waals surface area contributed by atoms with Gasteiger partial charge in [-0.25, -0.2) is 4.99 Å². The summed E-state index contributed by atoms with van der Waals surface area (Å²) in [6, 6.07) is 24.9. The average molecular weight is 697 g/mol. The fourth-order valence-corrected chi connectivity index (χ4v) is 6.87. The van der Waals surface area contributed by atoms with Gasteiger partial charge >= 0.3 is 0 Å². The van der Waals surface area contributed by atoms with E-state index >= 15 is 0 Å². The minimum Gasteiger partial charge on any atom is -0.497 e. The van der Waals surface area contributed by atoms with Gasteiger partial charge in [-0.05, 0) is 89.0 Å². The molecule has 10 heteroatoms. The van der Waals surface area contributed by atoms with Crippen molar-refractivity contribution in [2.24, 2.45) is 4.99 Å². The van der Waals surface area contributed by atoms with E-state index in [2.05, 4.69) is 125 Å². The van der Waals surface area contributed by atoms with E-state index < -0.39 is 0 Å². The Hall–Kier alpha value is -3.96. The van der Waals surface area contributed by atoms with E-state index in [-0.39, 0.29) is 11.9 Å². The molecule has 276 valence electrons. The summed E-state index contributed by atoms with van der Waals surface area (Å²) in [5.41, 5.74) is 5.27. The number of nitrogens with one attached hydrogen (secondary N) is 1. The average Bonchev–Trinajstić information content (AvgIpc) is 3.14. The molecule has 1 atom stereocenters. The highest BCUT2D eigenvalue weighted by atomic mass is 16.5. The number of unbranched alkanes of at least 4 members (excludes halogenated alkanes) is 3. The van der Waals surface area contributed by atoms with Gasteiger partial charge in [0.05, 0.1) is 31.9 Å². The molecule has 2 aliphatic heterocycles. The number of ether oxygens (including phenoxy) is 1. The molecule has 2 heterocycles. The molecule has 5 rings (SSSR count). The number of fused-ring (bicyclic) bond motifs is 1. The summed E-state index contributed by atoms with van der Waals surface area (Å²) in [5.74, 6) is 1.77. The van der Waals surface area contributed by atoms with Gasteiger partial charge in [0, 0.05) is 64.1 Å². The number of benzene rings is 3. The Balaban J connectivity index is 1.33. The van der Waals surface area contributed by atoms with E-state index in [9.17, 15) is 4.79 Å². The van der Waals surface area contributed by atoms with Gasteiger partial charge < -0.3 is 29.7 Å². The number of nitrogens with zero attached hydrogens (tertiary/aromatic N) is 7. The maximum absolute atomic E-state index is 13.8. The fraction of sp³-hybridized carbons (Fsp3) is 0.512. The maximum Gasteiger partial charge on any atom is 0.223 e. The van der Waals surface area contributed by atoms with Crippen molar-refractivity contribution in [3.63, 3.8) is 0 Å². The molecule has 0 aromatic heterocycles. The first kappa shape index (κ1) is 38.3. The zero-order valence-corrected chi connectivity index (χ0v) is 31.9. The lowest BCUT2D eigenvalue weighted by molar-refractivity contribution is -0.122. The van der Waals surface area contributed by atoms with Gasteiger partial charge in [-0.1, -0.05) is 55.3 Å². The van der Waals surface area contributed by atoms with E-state index in [0.29, 0.717) is 13.1 Å². The molecule has 0 bridgehead atoms. The van der Waals surface area contributed by atoms with E-state index in [0.717, 1.165) is 98.6 Å². The van der Waals surface area contributed by atoms with Gasteiger partial charge in [0.15, 0.2) is 0 Å². The molecule has 3 aromatic carbocycles. The normalized spacial score (nSPS) is 16.7. The molecule has 1 fully saturated rings. The summed E-state index contributed by atoms with van der Waals surface area (Å²) in [7, 11) is 12.3. The lowest BCUT2D eigenvalue weighted by atomic mass is 9.96. The predicted octanol–water partition coefficient (Wildman–Crippen LogP) is 5.61. The number of likely N-dealkylation sites (N-methyl/N-ethyl adjacent to an activating group) is 1. The number of hydrogen-bond acceptors (Lipinski definition) is 9. The Morgan fingerprint density at radius 3 is 2.02 bits per heavy atom. The van der Waals surface area contributed by atoms with Crippen LogP contribution in [0, 0.1) is 0 Å². The van der Waals surface area contributed by atoms with Crippen LogP contribution in [0.5, 0.6) is 5.75 Å². The third kappa shape index (κ3) is 11.0. The first-order valence-corrected chi connectivity index (χ1v) is 18.6. The molecule has 1 unspecified atom stereocenters. The summed E-state index contributed by atoms with van der Waals surface area (Å²) in [6.07, 6.45) is 5.01. The van der Waals surface area contributed by atoms with Crippen molar-refractivity contribution in [3.8, 4) is 16.9 Å². The third-order valence-corrected chi connectivity index (χ3v) is 10.0. The Labute approximate surface area is 306 Å². The van der Waals surface area contributed by atoms with Crippen LogP contribution < -0.4 is 15.0 Å². The van der Waals surface area contributed by atoms with Crippen LogP contribution in [0.4, 0.5) is 11.4 Å². The molecule has 1 saturated heterocycles. The van der Waals surface area contributed by atoms with Crippen LogP contribution in [0.1, 0.15) is 43.7 Å². The van der Waals surface area contributed by atoms with Gasteiger partial charge in [0.25, 0.3) is 0 Å². The molecule has 1 amide bonds. The number of para-hydroxylation sites is 1. The highest BCUT2D eigenvalue weighted by Crippen LogP contribution is 2.41. The Bertz CT molecular complexity index is 1530. The zero-order valence-electron chi connectivity index (χ0n) is 31.9. The van der Waals surface area contributed by atoms with Crippen LogP contribution in [-0.2, 0) is 4.79 Å². The minimum atomic E-state index is -0.203.